The van der Waals surface area contributed by atoms with Gasteiger partial charge in [0.05, 0.1) is 25.4 Å². The molecule has 8 unspecified atom stereocenters. The zero-order valence-electron chi connectivity index (χ0n) is 52.9. The maximum Gasteiger partial charge on any atom is 0.306 e. The highest BCUT2D eigenvalue weighted by Gasteiger charge is 2.47. The molecule has 0 aromatic carbocycles. The zero-order chi connectivity index (χ0) is 59.6. The quantitative estimate of drug-likeness (QED) is 0.0195. The van der Waals surface area contributed by atoms with Gasteiger partial charge in [-0.05, 0) is 96.3 Å². The topological polar surface area (TPSA) is 175 Å². The maximum absolute atomic E-state index is 13.5. The number of carbonyl (C=O) groups is 2. The SMILES string of the molecule is CCCCC/C=C\C/C=C\C/C=C\CCCCCCCCCC(O)C(=O)NC(COC1OC(CO)C(O)C(O)C1OC(=O)CCCCCCCCCCCCC/C=C\C/C=C\CCCCC)C(O)/C=C/CCCCCCCCCCCC. The van der Waals surface area contributed by atoms with E-state index in [1.807, 2.05) is 6.08 Å². The van der Waals surface area contributed by atoms with Gasteiger partial charge in [0.2, 0.25) is 5.91 Å². The summed E-state index contributed by atoms with van der Waals surface area (Å²) in [5.74, 6) is -1.20. The number of carbonyl (C=O) groups excluding carboxylic acids is 2. The molecular formula is C71H127NO10. The predicted molar refractivity (Wildman–Crippen MR) is 343 cm³/mol. The summed E-state index contributed by atoms with van der Waals surface area (Å²) in [6.07, 6.45) is 65.0. The van der Waals surface area contributed by atoms with Gasteiger partial charge in [-0.25, -0.2) is 0 Å². The average molecular weight is 1150 g/mol. The molecule has 1 rings (SSSR count). The molecule has 8 atom stereocenters. The van der Waals surface area contributed by atoms with Crippen LogP contribution in [0.5, 0.6) is 0 Å². The highest BCUT2D eigenvalue weighted by molar-refractivity contribution is 5.80. The Morgan fingerprint density at radius 3 is 1.28 bits per heavy atom. The van der Waals surface area contributed by atoms with Crippen LogP contribution in [-0.2, 0) is 23.8 Å². The fourth-order valence-electron chi connectivity index (χ4n) is 10.4. The number of hydrogen-bond donors (Lipinski definition) is 6. The van der Waals surface area contributed by atoms with E-state index in [1.54, 1.807) is 6.08 Å². The third kappa shape index (κ3) is 45.5. The summed E-state index contributed by atoms with van der Waals surface area (Å²) in [7, 11) is 0. The van der Waals surface area contributed by atoms with Gasteiger partial charge in [0.1, 0.15) is 24.4 Å². The first-order valence-corrected chi connectivity index (χ1v) is 34.2. The summed E-state index contributed by atoms with van der Waals surface area (Å²) in [5, 5.41) is 57.2. The van der Waals surface area contributed by atoms with Crippen LogP contribution in [0.2, 0.25) is 0 Å². The smallest absolute Gasteiger partial charge is 0.306 e. The lowest BCUT2D eigenvalue weighted by Gasteiger charge is -2.41. The minimum absolute atomic E-state index is 0.119. The van der Waals surface area contributed by atoms with Gasteiger partial charge in [-0.15, -0.1) is 0 Å². The predicted octanol–water partition coefficient (Wildman–Crippen LogP) is 17.1. The Labute approximate surface area is 502 Å². The molecule has 0 spiro atoms. The zero-order valence-corrected chi connectivity index (χ0v) is 52.9. The summed E-state index contributed by atoms with van der Waals surface area (Å²) in [6.45, 7) is 5.76. The summed E-state index contributed by atoms with van der Waals surface area (Å²) >= 11 is 0. The van der Waals surface area contributed by atoms with Crippen molar-refractivity contribution in [2.75, 3.05) is 13.2 Å². The number of unbranched alkanes of at least 4 members (excludes halogenated alkanes) is 34. The van der Waals surface area contributed by atoms with Gasteiger partial charge in [-0.3, -0.25) is 9.59 Å². The van der Waals surface area contributed by atoms with Crippen molar-refractivity contribution in [3.8, 4) is 0 Å². The number of aliphatic hydroxyl groups is 5. The highest BCUT2D eigenvalue weighted by atomic mass is 16.7. The Morgan fingerprint density at radius 2 is 0.841 bits per heavy atom. The van der Waals surface area contributed by atoms with Crippen LogP contribution < -0.4 is 5.32 Å². The van der Waals surface area contributed by atoms with Gasteiger partial charge in [0, 0.05) is 6.42 Å². The minimum atomic E-state index is -1.62. The fraction of sp³-hybridized carbons (Fsp3) is 0.803. The summed E-state index contributed by atoms with van der Waals surface area (Å²) in [5.41, 5.74) is 0. The molecule has 11 nitrogen and oxygen atoms in total. The molecule has 1 amide bonds. The van der Waals surface area contributed by atoms with Crippen LogP contribution in [0, 0.1) is 0 Å². The molecule has 6 N–H and O–H groups in total. The number of allylic oxidation sites excluding steroid dienone is 11. The van der Waals surface area contributed by atoms with Crippen molar-refractivity contribution in [3.63, 3.8) is 0 Å². The second-order valence-corrected chi connectivity index (χ2v) is 23.6. The molecule has 0 aliphatic carbocycles. The number of amides is 1. The molecule has 0 aromatic rings. The van der Waals surface area contributed by atoms with Gasteiger partial charge in [0.25, 0.3) is 0 Å². The Hall–Kier alpha value is -2.90. The van der Waals surface area contributed by atoms with Crippen LogP contribution in [0.15, 0.2) is 72.9 Å². The van der Waals surface area contributed by atoms with E-state index in [9.17, 15) is 35.1 Å². The lowest BCUT2D eigenvalue weighted by molar-refractivity contribution is -0.305. The number of aliphatic hydroxyl groups excluding tert-OH is 5. The van der Waals surface area contributed by atoms with Crippen molar-refractivity contribution in [2.45, 2.75) is 352 Å². The molecule has 1 saturated heterocycles. The van der Waals surface area contributed by atoms with Crippen LogP contribution >= 0.6 is 0 Å². The Morgan fingerprint density at radius 1 is 0.476 bits per heavy atom. The van der Waals surface area contributed by atoms with E-state index in [2.05, 4.69) is 86.8 Å². The van der Waals surface area contributed by atoms with Crippen LogP contribution in [-0.4, -0.2) is 99.6 Å². The molecule has 82 heavy (non-hydrogen) atoms. The van der Waals surface area contributed by atoms with Gasteiger partial charge < -0.3 is 45.1 Å². The maximum atomic E-state index is 13.5. The second kappa shape index (κ2) is 58.5. The third-order valence-corrected chi connectivity index (χ3v) is 15.8. The Kier molecular flexibility index (Phi) is 55.0. The molecule has 1 fully saturated rings. The second-order valence-electron chi connectivity index (χ2n) is 23.6. The van der Waals surface area contributed by atoms with E-state index in [-0.39, 0.29) is 19.4 Å². The first-order chi connectivity index (χ1) is 40.2. The molecule has 0 saturated carbocycles. The molecule has 0 aromatic heterocycles. The number of nitrogens with one attached hydrogen (secondary N) is 1. The van der Waals surface area contributed by atoms with Crippen LogP contribution in [0.25, 0.3) is 0 Å². The lowest BCUT2D eigenvalue weighted by atomic mass is 9.99. The summed E-state index contributed by atoms with van der Waals surface area (Å²) < 4.78 is 17.7. The number of hydrogen-bond acceptors (Lipinski definition) is 10. The number of esters is 1. The standard InChI is InChI=1S/C71H127NO10/c1-4-7-10-13-16-19-22-25-27-29-31-33-35-37-39-41-44-47-50-53-56-59-66(76)82-69-68(78)67(77)65(60-73)81-71(69)80-61-62(63(74)57-54-51-48-45-42-24-21-18-15-12-9-6-3)72-70(79)64(75)58-55-52-49-46-43-40-38-36-34-32-30-28-26-23-20-17-14-11-8-5-2/h16-17,19-20,25-28,32,34,54,57,62-65,67-69,71,73-75,77-78H,4-15,18,21-24,29-31,33,35-53,55-56,58-61H2,1-3H3,(H,72,79)/b19-16-,20-17-,27-25-,28-26-,34-32-,57-54+. The Bertz CT molecular complexity index is 1610. The molecule has 0 radical (unpaired) electrons. The van der Waals surface area contributed by atoms with E-state index in [4.69, 9.17) is 14.2 Å². The summed E-state index contributed by atoms with van der Waals surface area (Å²) in [4.78, 5) is 26.6. The third-order valence-electron chi connectivity index (χ3n) is 15.8. The molecule has 1 aliphatic rings. The van der Waals surface area contributed by atoms with Crippen molar-refractivity contribution in [1.29, 1.82) is 0 Å². The van der Waals surface area contributed by atoms with E-state index in [1.165, 1.54) is 167 Å². The average Bonchev–Trinajstić information content (AvgIpc) is 3.66. The molecule has 1 heterocycles. The van der Waals surface area contributed by atoms with Crippen molar-refractivity contribution in [3.05, 3.63) is 72.9 Å². The lowest BCUT2D eigenvalue weighted by Crippen LogP contribution is -2.61. The van der Waals surface area contributed by atoms with Crippen LogP contribution in [0.3, 0.4) is 0 Å². The molecule has 0 bridgehead atoms. The first kappa shape index (κ1) is 77.1. The van der Waals surface area contributed by atoms with Gasteiger partial charge in [0.15, 0.2) is 12.4 Å². The van der Waals surface area contributed by atoms with Crippen molar-refractivity contribution in [1.82, 2.24) is 5.32 Å². The van der Waals surface area contributed by atoms with Crippen molar-refractivity contribution < 1.29 is 49.3 Å². The minimum Gasteiger partial charge on any atom is -0.454 e. The van der Waals surface area contributed by atoms with Gasteiger partial charge in [-0.2, -0.15) is 0 Å². The molecular weight excluding hydrogens is 1030 g/mol. The normalized spacial score (nSPS) is 19.0. The largest absolute Gasteiger partial charge is 0.454 e. The van der Waals surface area contributed by atoms with Crippen molar-refractivity contribution >= 4 is 11.9 Å². The monoisotopic (exact) mass is 1150 g/mol. The van der Waals surface area contributed by atoms with E-state index in [0.717, 1.165) is 89.9 Å². The van der Waals surface area contributed by atoms with E-state index >= 15 is 0 Å². The molecule has 11 heteroatoms. The number of rotatable bonds is 58. The van der Waals surface area contributed by atoms with E-state index < -0.39 is 67.4 Å². The van der Waals surface area contributed by atoms with Crippen molar-refractivity contribution in [2.24, 2.45) is 0 Å². The Balaban J connectivity index is 2.62. The van der Waals surface area contributed by atoms with Gasteiger partial charge in [-0.1, -0.05) is 273 Å². The van der Waals surface area contributed by atoms with Crippen LogP contribution in [0.1, 0.15) is 303 Å². The van der Waals surface area contributed by atoms with Crippen LogP contribution in [0.4, 0.5) is 0 Å². The fourth-order valence-corrected chi connectivity index (χ4v) is 10.4. The number of ether oxygens (including phenoxy) is 3. The molecule has 476 valence electrons. The van der Waals surface area contributed by atoms with E-state index in [0.29, 0.717) is 12.8 Å². The summed E-state index contributed by atoms with van der Waals surface area (Å²) in [6, 6.07) is -1.03. The van der Waals surface area contributed by atoms with Gasteiger partial charge >= 0.3 is 5.97 Å². The highest BCUT2D eigenvalue weighted by Crippen LogP contribution is 2.26. The molecule has 1 aliphatic heterocycles. The first-order valence-electron chi connectivity index (χ1n) is 34.2.